The van der Waals surface area contributed by atoms with Crippen molar-refractivity contribution >= 4 is 23.3 Å². The zero-order chi connectivity index (χ0) is 25.5. The Balaban J connectivity index is 1.64. The third-order valence-electron chi connectivity index (χ3n) is 6.52. The number of nitrogens with zero attached hydrogens (tertiary/aromatic N) is 4. The maximum Gasteiger partial charge on any atom is 0.330 e. The standard InChI is InChI=1S/C25H36N6O4/c1-4-6-11-31-23(26)22(24(34)27-25(31)35)30(5-2)21(33)17-28-12-14-29(15-13-28)20(32)16-19-10-8-7-9-18(19)3/h7-10H,4-6,11-17,26H2,1-3H3,(H,27,34,35). The van der Waals surface area contributed by atoms with Gasteiger partial charge < -0.3 is 15.5 Å². The van der Waals surface area contributed by atoms with Crippen molar-refractivity contribution in [1.82, 2.24) is 19.4 Å². The lowest BCUT2D eigenvalue weighted by molar-refractivity contribution is -0.132. The van der Waals surface area contributed by atoms with Crippen molar-refractivity contribution in [2.75, 3.05) is 49.9 Å². The van der Waals surface area contributed by atoms with E-state index in [1.54, 1.807) is 6.92 Å². The number of hydrogen-bond acceptors (Lipinski definition) is 6. The summed E-state index contributed by atoms with van der Waals surface area (Å²) >= 11 is 0. The van der Waals surface area contributed by atoms with Crippen LogP contribution in [0.2, 0.25) is 0 Å². The highest BCUT2D eigenvalue weighted by atomic mass is 16.2. The molecule has 1 aliphatic heterocycles. The first kappa shape index (κ1) is 26.2. The highest BCUT2D eigenvalue weighted by molar-refractivity contribution is 5.96. The molecule has 2 aromatic rings. The summed E-state index contributed by atoms with van der Waals surface area (Å²) in [7, 11) is 0. The Labute approximate surface area is 205 Å². The Morgan fingerprint density at radius 3 is 2.40 bits per heavy atom. The third kappa shape index (κ3) is 6.19. The van der Waals surface area contributed by atoms with Crippen LogP contribution >= 0.6 is 0 Å². The van der Waals surface area contributed by atoms with Crippen LogP contribution < -0.4 is 21.9 Å². The van der Waals surface area contributed by atoms with Crippen LogP contribution in [0.4, 0.5) is 11.5 Å². The van der Waals surface area contributed by atoms with Crippen LogP contribution in [0.5, 0.6) is 0 Å². The SMILES string of the molecule is CCCCn1c(N)c(N(CC)C(=O)CN2CCN(C(=O)Cc3ccccc3C)CC2)c(=O)[nH]c1=O. The highest BCUT2D eigenvalue weighted by Gasteiger charge is 2.27. The molecule has 35 heavy (non-hydrogen) atoms. The number of piperazine rings is 1. The van der Waals surface area contributed by atoms with Gasteiger partial charge >= 0.3 is 5.69 Å². The lowest BCUT2D eigenvalue weighted by atomic mass is 10.1. The molecule has 3 rings (SSSR count). The first-order chi connectivity index (χ1) is 16.8. The van der Waals surface area contributed by atoms with Gasteiger partial charge in [0.15, 0.2) is 5.69 Å². The zero-order valence-electron chi connectivity index (χ0n) is 20.9. The van der Waals surface area contributed by atoms with Gasteiger partial charge in [0.2, 0.25) is 11.8 Å². The molecule has 2 amide bonds. The molecule has 190 valence electrons. The van der Waals surface area contributed by atoms with Crippen LogP contribution in [0.25, 0.3) is 0 Å². The second kappa shape index (κ2) is 11.8. The maximum absolute atomic E-state index is 13.2. The Morgan fingerprint density at radius 2 is 1.77 bits per heavy atom. The molecule has 0 atom stereocenters. The molecule has 1 saturated heterocycles. The number of nitrogens with one attached hydrogen (secondary N) is 1. The molecule has 3 N–H and O–H groups in total. The number of rotatable bonds is 9. The molecule has 10 nitrogen and oxygen atoms in total. The van der Waals surface area contributed by atoms with E-state index in [9.17, 15) is 19.2 Å². The summed E-state index contributed by atoms with van der Waals surface area (Å²) in [6.45, 7) is 8.66. The van der Waals surface area contributed by atoms with E-state index in [1.165, 1.54) is 9.47 Å². The second-order valence-corrected chi connectivity index (χ2v) is 8.90. The Morgan fingerprint density at radius 1 is 1.09 bits per heavy atom. The van der Waals surface area contributed by atoms with Gasteiger partial charge in [0.25, 0.3) is 5.56 Å². The second-order valence-electron chi connectivity index (χ2n) is 8.90. The minimum Gasteiger partial charge on any atom is -0.383 e. The summed E-state index contributed by atoms with van der Waals surface area (Å²) in [5.74, 6) is -0.187. The molecule has 1 fully saturated rings. The van der Waals surface area contributed by atoms with Crippen LogP contribution in [0.3, 0.4) is 0 Å². The number of unbranched alkanes of at least 4 members (excludes halogenated alkanes) is 1. The minimum absolute atomic E-state index is 0.00835. The zero-order valence-corrected chi connectivity index (χ0v) is 20.9. The van der Waals surface area contributed by atoms with Crippen molar-refractivity contribution < 1.29 is 9.59 Å². The molecule has 0 bridgehead atoms. The summed E-state index contributed by atoms with van der Waals surface area (Å²) in [5.41, 5.74) is 7.09. The lowest BCUT2D eigenvalue weighted by Crippen LogP contribution is -2.52. The van der Waals surface area contributed by atoms with Gasteiger partial charge in [0, 0.05) is 39.3 Å². The van der Waals surface area contributed by atoms with Crippen molar-refractivity contribution in [1.29, 1.82) is 0 Å². The first-order valence-corrected chi connectivity index (χ1v) is 12.2. The fourth-order valence-electron chi connectivity index (χ4n) is 4.35. The van der Waals surface area contributed by atoms with Gasteiger partial charge in [-0.2, -0.15) is 0 Å². The van der Waals surface area contributed by atoms with Crippen molar-refractivity contribution in [2.24, 2.45) is 0 Å². The minimum atomic E-state index is -0.665. The van der Waals surface area contributed by atoms with Gasteiger partial charge in [-0.25, -0.2) is 4.79 Å². The van der Waals surface area contributed by atoms with Gasteiger partial charge in [-0.15, -0.1) is 0 Å². The number of carbonyl (C=O) groups excluding carboxylic acids is 2. The third-order valence-corrected chi connectivity index (χ3v) is 6.52. The number of aromatic amines is 1. The number of anilines is 2. The Hall–Kier alpha value is -3.40. The molecular formula is C25H36N6O4. The van der Waals surface area contributed by atoms with Gasteiger partial charge in [-0.1, -0.05) is 37.6 Å². The highest BCUT2D eigenvalue weighted by Crippen LogP contribution is 2.18. The van der Waals surface area contributed by atoms with Gasteiger partial charge in [0.1, 0.15) is 5.82 Å². The smallest absolute Gasteiger partial charge is 0.330 e. The number of H-pyrrole nitrogens is 1. The number of hydrogen-bond donors (Lipinski definition) is 2. The van der Waals surface area contributed by atoms with E-state index in [4.69, 9.17) is 5.73 Å². The van der Waals surface area contributed by atoms with E-state index >= 15 is 0 Å². The average molecular weight is 485 g/mol. The van der Waals surface area contributed by atoms with Crippen molar-refractivity contribution in [3.8, 4) is 0 Å². The number of aromatic nitrogens is 2. The van der Waals surface area contributed by atoms with Gasteiger partial charge in [0.05, 0.1) is 13.0 Å². The van der Waals surface area contributed by atoms with Crippen molar-refractivity contribution in [2.45, 2.75) is 46.6 Å². The predicted octanol–water partition coefficient (Wildman–Crippen LogP) is 0.967. The topological polar surface area (TPSA) is 125 Å². The normalized spacial score (nSPS) is 14.2. The van der Waals surface area contributed by atoms with E-state index in [-0.39, 0.29) is 36.4 Å². The summed E-state index contributed by atoms with van der Waals surface area (Å²) < 4.78 is 1.31. The molecule has 0 spiro atoms. The largest absolute Gasteiger partial charge is 0.383 e. The summed E-state index contributed by atoms with van der Waals surface area (Å²) in [6, 6.07) is 7.87. The number of nitrogen functional groups attached to an aromatic ring is 1. The van der Waals surface area contributed by atoms with E-state index < -0.39 is 11.2 Å². The van der Waals surface area contributed by atoms with E-state index in [0.29, 0.717) is 39.1 Å². The average Bonchev–Trinajstić information content (AvgIpc) is 2.83. The lowest BCUT2D eigenvalue weighted by Gasteiger charge is -2.35. The molecule has 0 saturated carbocycles. The Bertz CT molecular complexity index is 1160. The van der Waals surface area contributed by atoms with Gasteiger partial charge in [-0.3, -0.25) is 28.8 Å². The summed E-state index contributed by atoms with van der Waals surface area (Å²) in [6.07, 6.45) is 1.95. The molecule has 2 heterocycles. The van der Waals surface area contributed by atoms with E-state index in [1.807, 2.05) is 47.9 Å². The first-order valence-electron chi connectivity index (χ1n) is 12.2. The molecule has 1 aromatic carbocycles. The fraction of sp³-hybridized carbons (Fsp3) is 0.520. The molecular weight excluding hydrogens is 448 g/mol. The van der Waals surface area contributed by atoms with Crippen LogP contribution in [0, 0.1) is 6.92 Å². The molecule has 0 aliphatic carbocycles. The molecule has 1 aliphatic rings. The molecule has 1 aromatic heterocycles. The predicted molar refractivity (Wildman–Crippen MR) is 137 cm³/mol. The molecule has 0 unspecified atom stereocenters. The van der Waals surface area contributed by atoms with Crippen LogP contribution in [-0.2, 0) is 22.6 Å². The van der Waals surface area contributed by atoms with Crippen molar-refractivity contribution in [3.05, 3.63) is 56.2 Å². The molecule has 0 radical (unpaired) electrons. The number of likely N-dealkylation sites (N-methyl/N-ethyl adjacent to an activating group) is 1. The van der Waals surface area contributed by atoms with Gasteiger partial charge in [-0.05, 0) is 31.4 Å². The summed E-state index contributed by atoms with van der Waals surface area (Å²) in [5, 5.41) is 0. The quantitative estimate of drug-likeness (QED) is 0.546. The number of aryl methyl sites for hydroxylation is 1. The number of carbonyl (C=O) groups is 2. The van der Waals surface area contributed by atoms with Crippen LogP contribution in [-0.4, -0.2) is 70.4 Å². The number of benzene rings is 1. The maximum atomic E-state index is 13.2. The van der Waals surface area contributed by atoms with Crippen LogP contribution in [0.1, 0.15) is 37.8 Å². The summed E-state index contributed by atoms with van der Waals surface area (Å²) in [4.78, 5) is 58.1. The van der Waals surface area contributed by atoms with E-state index in [2.05, 4.69) is 4.98 Å². The monoisotopic (exact) mass is 484 g/mol. The molecule has 10 heteroatoms. The fourth-order valence-corrected chi connectivity index (χ4v) is 4.35. The number of nitrogens with two attached hydrogens (primary N) is 1. The number of amides is 2. The van der Waals surface area contributed by atoms with E-state index in [0.717, 1.165) is 24.0 Å². The van der Waals surface area contributed by atoms with Crippen molar-refractivity contribution in [3.63, 3.8) is 0 Å². The Kier molecular flexibility index (Phi) is 8.86. The van der Waals surface area contributed by atoms with Crippen LogP contribution in [0.15, 0.2) is 33.9 Å².